The van der Waals surface area contributed by atoms with Crippen LogP contribution in [0.25, 0.3) is 6.08 Å². The predicted octanol–water partition coefficient (Wildman–Crippen LogP) is 2.75. The molecule has 6 nitrogen and oxygen atoms in total. The molecular weight excluding hydrogens is 354 g/mol. The third-order valence-electron chi connectivity index (χ3n) is 4.38. The Hall–Kier alpha value is -2.67. The summed E-state index contributed by atoms with van der Waals surface area (Å²) in [7, 11) is 0. The summed E-state index contributed by atoms with van der Waals surface area (Å²) in [6, 6.07) is 7.75. The number of nitrogens with zero attached hydrogens (tertiary/aromatic N) is 1. The maximum absolute atomic E-state index is 11.0. The van der Waals surface area contributed by atoms with E-state index >= 15 is 0 Å². The highest BCUT2D eigenvalue weighted by molar-refractivity contribution is 5.90. The average Bonchev–Trinajstić information content (AvgIpc) is 2.70. The number of hydroxylamine groups is 1. The largest absolute Gasteiger partial charge is 0.399 e. The van der Waals surface area contributed by atoms with Crippen LogP contribution in [0.1, 0.15) is 31.4 Å². The smallest absolute Gasteiger partial charge is 0.267 e. The number of carbonyl (C=O) groups excluding carboxylic acids is 1. The van der Waals surface area contributed by atoms with Gasteiger partial charge in [0.05, 0.1) is 6.61 Å². The van der Waals surface area contributed by atoms with E-state index in [4.69, 9.17) is 10.9 Å². The Labute approximate surface area is 167 Å². The number of allylic oxidation sites excluding steroid dienone is 3. The lowest BCUT2D eigenvalue weighted by Gasteiger charge is -2.22. The number of hydrogen-bond donors (Lipinski definition) is 4. The van der Waals surface area contributed by atoms with Gasteiger partial charge in [-0.05, 0) is 54.7 Å². The summed E-state index contributed by atoms with van der Waals surface area (Å²) in [5.74, 6) is -0.571. The molecule has 1 rings (SSSR count). The van der Waals surface area contributed by atoms with Crippen molar-refractivity contribution in [3.05, 3.63) is 77.0 Å². The van der Waals surface area contributed by atoms with Crippen molar-refractivity contribution in [2.75, 3.05) is 19.7 Å². The summed E-state index contributed by atoms with van der Waals surface area (Å²) in [4.78, 5) is 13.2. The second kappa shape index (κ2) is 12.7. The molecule has 0 atom stereocenters. The molecule has 0 heterocycles. The first-order valence-corrected chi connectivity index (χ1v) is 9.22. The molecule has 0 aromatic heterocycles. The van der Waals surface area contributed by atoms with Crippen LogP contribution in [-0.2, 0) is 11.3 Å². The zero-order valence-electron chi connectivity index (χ0n) is 16.7. The molecule has 6 heteroatoms. The van der Waals surface area contributed by atoms with Gasteiger partial charge in [-0.1, -0.05) is 36.9 Å². The molecule has 0 spiro atoms. The Morgan fingerprint density at radius 3 is 2.50 bits per heavy atom. The fraction of sp³-hybridized carbons (Fsp3) is 0.318. The summed E-state index contributed by atoms with van der Waals surface area (Å²) in [5.41, 5.74) is 12.2. The summed E-state index contributed by atoms with van der Waals surface area (Å²) in [6.45, 7) is 10.1. The maximum Gasteiger partial charge on any atom is 0.267 e. The molecule has 0 aliphatic heterocycles. The molecular formula is C22H31N3O3. The normalized spacial score (nSPS) is 12.6. The molecule has 1 aromatic rings. The molecule has 0 aliphatic carbocycles. The Kier molecular flexibility index (Phi) is 10.6. The monoisotopic (exact) mass is 385 g/mol. The highest BCUT2D eigenvalue weighted by atomic mass is 16.5. The van der Waals surface area contributed by atoms with Gasteiger partial charge in [-0.15, -0.1) is 0 Å². The molecule has 0 radical (unpaired) electrons. The summed E-state index contributed by atoms with van der Waals surface area (Å²) < 4.78 is 0. The summed E-state index contributed by atoms with van der Waals surface area (Å²) in [5, 5.41) is 17.9. The molecule has 0 fully saturated rings. The molecule has 5 N–H and O–H groups in total. The summed E-state index contributed by atoms with van der Waals surface area (Å²) >= 11 is 0. The molecule has 1 aromatic carbocycles. The Morgan fingerprint density at radius 2 is 1.93 bits per heavy atom. The zero-order chi connectivity index (χ0) is 20.9. The van der Waals surface area contributed by atoms with Crippen LogP contribution in [0, 0.1) is 0 Å². The van der Waals surface area contributed by atoms with Crippen molar-refractivity contribution in [3.8, 4) is 0 Å². The first-order valence-electron chi connectivity index (χ1n) is 9.22. The van der Waals surface area contributed by atoms with Gasteiger partial charge in [0.1, 0.15) is 0 Å². The van der Waals surface area contributed by atoms with Gasteiger partial charge in [0, 0.05) is 31.4 Å². The Morgan fingerprint density at radius 1 is 1.25 bits per heavy atom. The third-order valence-corrected chi connectivity index (χ3v) is 4.38. The fourth-order valence-corrected chi connectivity index (χ4v) is 2.60. The Bertz CT molecular complexity index is 734. The highest BCUT2D eigenvalue weighted by Crippen LogP contribution is 2.16. The van der Waals surface area contributed by atoms with Crippen molar-refractivity contribution in [3.63, 3.8) is 0 Å². The van der Waals surface area contributed by atoms with E-state index in [9.17, 15) is 9.90 Å². The molecule has 1 amide bonds. The number of carbonyl (C=O) groups is 1. The molecule has 0 unspecified atom stereocenters. The van der Waals surface area contributed by atoms with Gasteiger partial charge >= 0.3 is 0 Å². The predicted molar refractivity (Wildman–Crippen MR) is 113 cm³/mol. The lowest BCUT2D eigenvalue weighted by molar-refractivity contribution is -0.124. The van der Waals surface area contributed by atoms with Crippen LogP contribution < -0.4 is 11.2 Å². The highest BCUT2D eigenvalue weighted by Gasteiger charge is 2.08. The van der Waals surface area contributed by atoms with Crippen molar-refractivity contribution < 1.29 is 15.1 Å². The van der Waals surface area contributed by atoms with E-state index in [1.54, 1.807) is 11.6 Å². The van der Waals surface area contributed by atoms with Crippen LogP contribution in [0.4, 0.5) is 0 Å². The van der Waals surface area contributed by atoms with Gasteiger partial charge in [0.25, 0.3) is 5.91 Å². The van der Waals surface area contributed by atoms with Crippen molar-refractivity contribution >= 4 is 12.0 Å². The van der Waals surface area contributed by atoms with E-state index in [2.05, 4.69) is 11.5 Å². The van der Waals surface area contributed by atoms with Crippen LogP contribution in [0.5, 0.6) is 0 Å². The van der Waals surface area contributed by atoms with E-state index < -0.39 is 5.91 Å². The maximum atomic E-state index is 11.0. The zero-order valence-corrected chi connectivity index (χ0v) is 16.7. The number of benzene rings is 1. The van der Waals surface area contributed by atoms with Crippen molar-refractivity contribution in [2.45, 2.75) is 26.8 Å². The topological polar surface area (TPSA) is 98.8 Å². The van der Waals surface area contributed by atoms with Gasteiger partial charge in [-0.2, -0.15) is 0 Å². The minimum atomic E-state index is -0.571. The number of aliphatic hydroxyl groups is 1. The van der Waals surface area contributed by atoms with Gasteiger partial charge in [0.2, 0.25) is 0 Å². The SMILES string of the molecule is C=C(CCN(CCO)Cc1ccc(/C=C/C(=O)NO)cc1)/C(C)=C(N)/C=C\C. The standard InChI is InChI=1S/C22H31N3O3/c1-4-5-21(23)18(3)17(2)12-13-25(14-15-26)16-20-8-6-19(7-9-20)10-11-22(27)24-28/h4-11,26,28H,2,12-16,23H2,1,3H3,(H,24,27)/b5-4-,11-10+,21-18-. The first kappa shape index (κ1) is 23.4. The molecule has 28 heavy (non-hydrogen) atoms. The van der Waals surface area contributed by atoms with Crippen LogP contribution in [0.3, 0.4) is 0 Å². The fourth-order valence-electron chi connectivity index (χ4n) is 2.60. The van der Waals surface area contributed by atoms with Crippen molar-refractivity contribution in [1.29, 1.82) is 0 Å². The lowest BCUT2D eigenvalue weighted by atomic mass is 10.0. The summed E-state index contributed by atoms with van der Waals surface area (Å²) in [6.07, 6.45) is 7.41. The third kappa shape index (κ3) is 8.35. The molecule has 0 aliphatic rings. The second-order valence-corrected chi connectivity index (χ2v) is 6.48. The van der Waals surface area contributed by atoms with Gasteiger partial charge < -0.3 is 10.8 Å². The van der Waals surface area contributed by atoms with Gasteiger partial charge in [0.15, 0.2) is 0 Å². The average molecular weight is 386 g/mol. The molecule has 0 saturated heterocycles. The number of aliphatic hydroxyl groups excluding tert-OH is 1. The number of nitrogens with one attached hydrogen (secondary N) is 1. The minimum Gasteiger partial charge on any atom is -0.399 e. The molecule has 0 saturated carbocycles. The van der Waals surface area contributed by atoms with Crippen LogP contribution in [0.15, 0.2) is 65.9 Å². The number of hydrogen-bond acceptors (Lipinski definition) is 5. The van der Waals surface area contributed by atoms with Gasteiger partial charge in [-0.3, -0.25) is 14.9 Å². The molecule has 152 valence electrons. The van der Waals surface area contributed by atoms with Crippen LogP contribution >= 0.6 is 0 Å². The first-order chi connectivity index (χ1) is 13.4. The van der Waals surface area contributed by atoms with E-state index in [1.165, 1.54) is 6.08 Å². The Balaban J connectivity index is 2.69. The quantitative estimate of drug-likeness (QED) is 0.203. The number of rotatable bonds is 11. The van der Waals surface area contributed by atoms with E-state index in [-0.39, 0.29) is 6.61 Å². The lowest BCUT2D eigenvalue weighted by Crippen LogP contribution is -2.28. The van der Waals surface area contributed by atoms with E-state index in [0.29, 0.717) is 13.1 Å². The number of nitrogens with two attached hydrogens (primary N) is 1. The minimum absolute atomic E-state index is 0.0824. The van der Waals surface area contributed by atoms with Crippen molar-refractivity contribution in [1.82, 2.24) is 10.4 Å². The van der Waals surface area contributed by atoms with E-state index in [0.717, 1.165) is 40.9 Å². The number of amides is 1. The van der Waals surface area contributed by atoms with Crippen LogP contribution in [-0.4, -0.2) is 40.8 Å². The van der Waals surface area contributed by atoms with Gasteiger partial charge in [-0.25, -0.2) is 5.48 Å². The van der Waals surface area contributed by atoms with Crippen molar-refractivity contribution in [2.24, 2.45) is 5.73 Å². The second-order valence-electron chi connectivity index (χ2n) is 6.48. The van der Waals surface area contributed by atoms with Crippen LogP contribution in [0.2, 0.25) is 0 Å². The molecule has 0 bridgehead atoms. The van der Waals surface area contributed by atoms with E-state index in [1.807, 2.05) is 50.3 Å².